The Morgan fingerprint density at radius 2 is 2.15 bits per heavy atom. The molecule has 1 heterocycles. The lowest BCUT2D eigenvalue weighted by molar-refractivity contribution is -0.130. The molecule has 0 aromatic heterocycles. The Kier molecular flexibility index (Phi) is 2.95. The van der Waals surface area contributed by atoms with Crippen LogP contribution in [0.5, 0.6) is 0 Å². The van der Waals surface area contributed by atoms with Crippen LogP contribution in [0.15, 0.2) is 0 Å². The number of amides is 1. The van der Waals surface area contributed by atoms with Gasteiger partial charge in [-0.2, -0.15) is 0 Å². The first-order valence-electron chi connectivity index (χ1n) is 4.44. The molecule has 1 atom stereocenters. The van der Waals surface area contributed by atoms with Gasteiger partial charge in [-0.25, -0.2) is 8.42 Å². The Morgan fingerprint density at radius 3 is 2.46 bits per heavy atom. The van der Waals surface area contributed by atoms with Gasteiger partial charge in [0, 0.05) is 19.5 Å². The maximum absolute atomic E-state index is 11.1. The van der Waals surface area contributed by atoms with Gasteiger partial charge in [0.25, 0.3) is 0 Å². The predicted octanol–water partition coefficient (Wildman–Crippen LogP) is 0.0419. The summed E-state index contributed by atoms with van der Waals surface area (Å²) in [5.41, 5.74) is 0. The lowest BCUT2D eigenvalue weighted by Gasteiger charge is -2.25. The summed E-state index contributed by atoms with van der Waals surface area (Å²) >= 11 is 0. The van der Waals surface area contributed by atoms with E-state index >= 15 is 0 Å². The maximum atomic E-state index is 11.1. The van der Waals surface area contributed by atoms with Crippen molar-refractivity contribution in [3.05, 3.63) is 0 Å². The molecule has 0 aliphatic carbocycles. The first-order chi connectivity index (χ1) is 5.96. The van der Waals surface area contributed by atoms with E-state index in [-0.39, 0.29) is 23.5 Å². The van der Waals surface area contributed by atoms with E-state index in [4.69, 9.17) is 0 Å². The monoisotopic (exact) mass is 205 g/mol. The molecule has 0 spiro atoms. The minimum absolute atomic E-state index is 0.0374. The van der Waals surface area contributed by atoms with Gasteiger partial charge in [-0.1, -0.05) is 0 Å². The molecule has 1 amide bonds. The summed E-state index contributed by atoms with van der Waals surface area (Å²) in [7, 11) is -2.88. The number of carbonyl (C=O) groups excluding carboxylic acids is 1. The summed E-state index contributed by atoms with van der Waals surface area (Å²) in [6.45, 7) is 3.94. The van der Waals surface area contributed by atoms with Gasteiger partial charge in [0.1, 0.15) is 0 Å². The van der Waals surface area contributed by atoms with Crippen LogP contribution in [0.1, 0.15) is 20.3 Å². The summed E-state index contributed by atoms with van der Waals surface area (Å²) < 4.78 is 22.3. The average Bonchev–Trinajstić information content (AvgIpc) is 2.31. The molecule has 0 bridgehead atoms. The molecule has 4 nitrogen and oxygen atoms in total. The number of hydrogen-bond donors (Lipinski definition) is 0. The van der Waals surface area contributed by atoms with Crippen LogP contribution in [-0.2, 0) is 14.6 Å². The average molecular weight is 205 g/mol. The first-order valence-corrected chi connectivity index (χ1v) is 6.26. The molecule has 1 saturated heterocycles. The lowest BCUT2D eigenvalue weighted by atomic mass is 10.2. The third kappa shape index (κ3) is 2.43. The fraction of sp³-hybridized carbons (Fsp3) is 0.875. The zero-order valence-electron chi connectivity index (χ0n) is 7.99. The predicted molar refractivity (Wildman–Crippen MR) is 50.1 cm³/mol. The summed E-state index contributed by atoms with van der Waals surface area (Å²) in [6.07, 6.45) is 0.593. The summed E-state index contributed by atoms with van der Waals surface area (Å²) in [5, 5.41) is 0. The van der Waals surface area contributed by atoms with Crippen LogP contribution in [0.25, 0.3) is 0 Å². The van der Waals surface area contributed by atoms with Gasteiger partial charge in [0.15, 0.2) is 9.84 Å². The molecule has 1 aliphatic rings. The van der Waals surface area contributed by atoms with Crippen LogP contribution in [0, 0.1) is 0 Å². The van der Waals surface area contributed by atoms with Gasteiger partial charge in [-0.05, 0) is 13.3 Å². The van der Waals surface area contributed by atoms with E-state index in [9.17, 15) is 13.2 Å². The Balaban J connectivity index is 2.69. The number of sulfone groups is 1. The zero-order chi connectivity index (χ0) is 10.1. The van der Waals surface area contributed by atoms with E-state index in [1.165, 1.54) is 6.92 Å². The summed E-state index contributed by atoms with van der Waals surface area (Å²) in [6, 6.07) is -0.0903. The summed E-state index contributed by atoms with van der Waals surface area (Å²) in [5.74, 6) is 0.326. The van der Waals surface area contributed by atoms with Crippen LogP contribution in [0.2, 0.25) is 0 Å². The van der Waals surface area contributed by atoms with Crippen LogP contribution in [0.3, 0.4) is 0 Å². The van der Waals surface area contributed by atoms with Gasteiger partial charge < -0.3 is 4.90 Å². The number of carbonyl (C=O) groups is 1. The van der Waals surface area contributed by atoms with Gasteiger partial charge in [-0.15, -0.1) is 0 Å². The molecule has 0 unspecified atom stereocenters. The summed E-state index contributed by atoms with van der Waals surface area (Å²) in [4.78, 5) is 12.7. The molecule has 1 aliphatic heterocycles. The lowest BCUT2D eigenvalue weighted by Crippen LogP contribution is -2.39. The number of hydrogen-bond acceptors (Lipinski definition) is 3. The molecular formula is C8H15NO3S. The van der Waals surface area contributed by atoms with Crippen molar-refractivity contribution in [2.45, 2.75) is 26.3 Å². The van der Waals surface area contributed by atoms with E-state index in [1.807, 2.05) is 6.92 Å². The fourth-order valence-electron chi connectivity index (χ4n) is 1.76. The van der Waals surface area contributed by atoms with Gasteiger partial charge in [0.05, 0.1) is 11.5 Å². The smallest absolute Gasteiger partial charge is 0.219 e. The second-order valence-corrected chi connectivity index (χ2v) is 5.59. The van der Waals surface area contributed by atoms with Crippen LogP contribution >= 0.6 is 0 Å². The Morgan fingerprint density at radius 1 is 1.54 bits per heavy atom. The van der Waals surface area contributed by atoms with Gasteiger partial charge in [-0.3, -0.25) is 4.79 Å². The normalized spacial score (nSPS) is 25.8. The van der Waals surface area contributed by atoms with Crippen molar-refractivity contribution < 1.29 is 13.2 Å². The zero-order valence-corrected chi connectivity index (χ0v) is 8.80. The Labute approximate surface area is 78.8 Å². The SMILES string of the molecule is CCN(C(C)=O)[C@@H]1CCS(=O)(=O)C1. The van der Waals surface area contributed by atoms with Crippen LogP contribution in [0.4, 0.5) is 0 Å². The highest BCUT2D eigenvalue weighted by atomic mass is 32.2. The maximum Gasteiger partial charge on any atom is 0.219 e. The molecular weight excluding hydrogens is 190 g/mol. The second kappa shape index (κ2) is 3.65. The van der Waals surface area contributed by atoms with E-state index in [1.54, 1.807) is 4.90 Å². The van der Waals surface area contributed by atoms with Crippen molar-refractivity contribution in [3.8, 4) is 0 Å². The van der Waals surface area contributed by atoms with E-state index < -0.39 is 9.84 Å². The third-order valence-corrected chi connectivity index (χ3v) is 4.14. The van der Waals surface area contributed by atoms with Crippen molar-refractivity contribution in [3.63, 3.8) is 0 Å². The Bertz CT molecular complexity index is 297. The topological polar surface area (TPSA) is 54.5 Å². The molecule has 0 radical (unpaired) electrons. The molecule has 0 aromatic rings. The van der Waals surface area contributed by atoms with Crippen molar-refractivity contribution >= 4 is 15.7 Å². The fourth-order valence-corrected chi connectivity index (χ4v) is 3.49. The van der Waals surface area contributed by atoms with Gasteiger partial charge in [0.2, 0.25) is 5.91 Å². The molecule has 0 saturated carbocycles. The highest BCUT2D eigenvalue weighted by Crippen LogP contribution is 2.17. The minimum Gasteiger partial charge on any atom is -0.339 e. The molecule has 13 heavy (non-hydrogen) atoms. The molecule has 0 aromatic carbocycles. The molecule has 5 heteroatoms. The van der Waals surface area contributed by atoms with Crippen LogP contribution in [-0.4, -0.2) is 43.3 Å². The molecule has 76 valence electrons. The first kappa shape index (κ1) is 10.5. The van der Waals surface area contributed by atoms with Crippen LogP contribution < -0.4 is 0 Å². The molecule has 1 fully saturated rings. The highest BCUT2D eigenvalue weighted by molar-refractivity contribution is 7.91. The van der Waals surface area contributed by atoms with E-state index in [0.29, 0.717) is 13.0 Å². The van der Waals surface area contributed by atoms with E-state index in [0.717, 1.165) is 0 Å². The quantitative estimate of drug-likeness (QED) is 0.639. The van der Waals surface area contributed by atoms with Gasteiger partial charge >= 0.3 is 0 Å². The third-order valence-electron chi connectivity index (χ3n) is 2.39. The van der Waals surface area contributed by atoms with Crippen molar-refractivity contribution in [1.82, 2.24) is 4.90 Å². The van der Waals surface area contributed by atoms with E-state index in [2.05, 4.69) is 0 Å². The van der Waals surface area contributed by atoms with Crippen molar-refractivity contribution in [1.29, 1.82) is 0 Å². The minimum atomic E-state index is -2.88. The largest absolute Gasteiger partial charge is 0.339 e. The second-order valence-electron chi connectivity index (χ2n) is 3.36. The van der Waals surface area contributed by atoms with Crippen molar-refractivity contribution in [2.75, 3.05) is 18.1 Å². The number of nitrogens with zero attached hydrogens (tertiary/aromatic N) is 1. The van der Waals surface area contributed by atoms with Crippen molar-refractivity contribution in [2.24, 2.45) is 0 Å². The highest BCUT2D eigenvalue weighted by Gasteiger charge is 2.32. The molecule has 0 N–H and O–H groups in total. The Hall–Kier alpha value is -0.580. The standard InChI is InChI=1S/C8H15NO3S/c1-3-9(7(2)10)8-4-5-13(11,12)6-8/h8H,3-6H2,1-2H3/t8-/m1/s1. The number of rotatable bonds is 2. The molecule has 1 rings (SSSR count).